The van der Waals surface area contributed by atoms with Gasteiger partial charge in [-0.3, -0.25) is 14.6 Å². The highest BCUT2D eigenvalue weighted by atomic mass is 19.1. The number of aliphatic hydroxyl groups is 1. The molecule has 3 heterocycles. The van der Waals surface area contributed by atoms with Gasteiger partial charge in [0, 0.05) is 49.1 Å². The van der Waals surface area contributed by atoms with Gasteiger partial charge in [-0.15, -0.1) is 0 Å². The summed E-state index contributed by atoms with van der Waals surface area (Å²) in [6, 6.07) is 4.24. The number of carbonyl (C=O) groups is 2. The van der Waals surface area contributed by atoms with E-state index in [2.05, 4.69) is 15.3 Å². The second-order valence-corrected chi connectivity index (χ2v) is 9.85. The van der Waals surface area contributed by atoms with Crippen molar-refractivity contribution < 1.29 is 28.6 Å². The first kappa shape index (κ1) is 25.0. The molecule has 0 bridgehead atoms. The molecule has 196 valence electrons. The number of hydrogen-bond donors (Lipinski definition) is 3. The molecule has 0 unspecified atom stereocenters. The minimum absolute atomic E-state index is 0.0888. The maximum atomic E-state index is 14.6. The lowest BCUT2D eigenvalue weighted by molar-refractivity contribution is -0.132. The summed E-state index contributed by atoms with van der Waals surface area (Å²) in [5.41, 5.74) is 3.38. The number of fused-ring (bicyclic) bond motifs is 1. The van der Waals surface area contributed by atoms with Crippen LogP contribution in [0.2, 0.25) is 0 Å². The van der Waals surface area contributed by atoms with Gasteiger partial charge in [-0.2, -0.15) is 0 Å². The van der Waals surface area contributed by atoms with Crippen LogP contribution in [0.25, 0.3) is 22.2 Å². The van der Waals surface area contributed by atoms with Crippen molar-refractivity contribution in [2.24, 2.45) is 5.92 Å². The Balaban J connectivity index is 1.48. The maximum absolute atomic E-state index is 14.6. The van der Waals surface area contributed by atoms with Crippen molar-refractivity contribution >= 4 is 22.8 Å². The van der Waals surface area contributed by atoms with Crippen molar-refractivity contribution in [3.05, 3.63) is 41.5 Å². The molecule has 2 amide bonds. The third-order valence-electron chi connectivity index (χ3n) is 7.16. The van der Waals surface area contributed by atoms with Crippen LogP contribution in [0.3, 0.4) is 0 Å². The van der Waals surface area contributed by atoms with Crippen LogP contribution in [0, 0.1) is 18.7 Å². The summed E-state index contributed by atoms with van der Waals surface area (Å²) in [6.45, 7) is 4.39. The molecular weight excluding hydrogens is 479 g/mol. The number of benzene rings is 1. The first-order chi connectivity index (χ1) is 17.8. The number of methoxy groups -OCH3 is 1. The molecular formula is C27H31FN4O5. The zero-order valence-corrected chi connectivity index (χ0v) is 21.1. The number of nitrogens with one attached hydrogen (secondary N) is 2. The zero-order chi connectivity index (χ0) is 26.3. The first-order valence-corrected chi connectivity index (χ1v) is 12.5. The quantitative estimate of drug-likeness (QED) is 0.450. The first-order valence-electron chi connectivity index (χ1n) is 12.5. The van der Waals surface area contributed by atoms with E-state index in [4.69, 9.17) is 9.47 Å². The number of aromatic nitrogens is 2. The average molecular weight is 511 g/mol. The number of carbonyl (C=O) groups excluding carboxylic acids is 2. The van der Waals surface area contributed by atoms with E-state index < -0.39 is 18.0 Å². The average Bonchev–Trinajstić information content (AvgIpc) is 3.63. The summed E-state index contributed by atoms with van der Waals surface area (Å²) in [5.74, 6) is -0.0145. The highest BCUT2D eigenvalue weighted by Crippen LogP contribution is 2.40. The lowest BCUT2D eigenvalue weighted by Gasteiger charge is -2.35. The number of amides is 2. The molecule has 0 radical (unpaired) electrons. The lowest BCUT2D eigenvalue weighted by Crippen LogP contribution is -2.55. The Morgan fingerprint density at radius 3 is 2.70 bits per heavy atom. The number of pyridine rings is 1. The van der Waals surface area contributed by atoms with Crippen LogP contribution in [-0.4, -0.2) is 70.7 Å². The SMILES string of the molecule is COc1cc(-c2ccnc3c(C(=O)N[C@@H]4CCN(C(C)=O)C[C@H]4O)c(C)[nH]c23)c(OCC2CC2)cc1F. The van der Waals surface area contributed by atoms with Gasteiger partial charge in [0.1, 0.15) is 11.3 Å². The third-order valence-corrected chi connectivity index (χ3v) is 7.16. The largest absolute Gasteiger partial charge is 0.494 e. The van der Waals surface area contributed by atoms with Crippen LogP contribution in [0.15, 0.2) is 24.4 Å². The van der Waals surface area contributed by atoms with E-state index in [0.717, 1.165) is 12.8 Å². The number of ether oxygens (including phenoxy) is 2. The van der Waals surface area contributed by atoms with Crippen molar-refractivity contribution in [3.8, 4) is 22.6 Å². The predicted octanol–water partition coefficient (Wildman–Crippen LogP) is 3.19. The molecule has 1 saturated heterocycles. The minimum atomic E-state index is -0.867. The van der Waals surface area contributed by atoms with Crippen molar-refractivity contribution in [3.63, 3.8) is 0 Å². The Bertz CT molecular complexity index is 1350. The van der Waals surface area contributed by atoms with Crippen LogP contribution in [0.4, 0.5) is 4.39 Å². The van der Waals surface area contributed by atoms with Gasteiger partial charge in [0.2, 0.25) is 5.91 Å². The smallest absolute Gasteiger partial charge is 0.255 e. The normalized spacial score (nSPS) is 19.6. The summed E-state index contributed by atoms with van der Waals surface area (Å²) in [4.78, 5) is 34.3. The molecule has 10 heteroatoms. The number of aryl methyl sites for hydroxylation is 1. The van der Waals surface area contributed by atoms with E-state index in [1.807, 2.05) is 0 Å². The van der Waals surface area contributed by atoms with E-state index in [-0.39, 0.29) is 24.1 Å². The van der Waals surface area contributed by atoms with Gasteiger partial charge < -0.3 is 29.8 Å². The number of hydrogen-bond acceptors (Lipinski definition) is 6. The number of nitrogens with zero attached hydrogens (tertiary/aromatic N) is 2. The van der Waals surface area contributed by atoms with Gasteiger partial charge >= 0.3 is 0 Å². The number of halogens is 1. The molecule has 3 aromatic rings. The molecule has 0 spiro atoms. The Hall–Kier alpha value is -3.66. The van der Waals surface area contributed by atoms with Crippen molar-refractivity contribution in [2.75, 3.05) is 26.8 Å². The molecule has 2 atom stereocenters. The number of β-amino-alcohol motifs (C(OH)–C–C–N with tert-alkyl or cyclic N) is 1. The predicted molar refractivity (Wildman–Crippen MR) is 135 cm³/mol. The molecule has 5 rings (SSSR count). The highest BCUT2D eigenvalue weighted by molar-refractivity contribution is 6.10. The lowest BCUT2D eigenvalue weighted by atomic mass is 10.0. The molecule has 1 aliphatic heterocycles. The molecule has 37 heavy (non-hydrogen) atoms. The summed E-state index contributed by atoms with van der Waals surface area (Å²) >= 11 is 0. The Morgan fingerprint density at radius 2 is 2.03 bits per heavy atom. The number of piperidine rings is 1. The van der Waals surface area contributed by atoms with Crippen LogP contribution in [0.5, 0.6) is 11.5 Å². The molecule has 9 nitrogen and oxygen atoms in total. The van der Waals surface area contributed by atoms with Gasteiger partial charge in [-0.1, -0.05) is 0 Å². The second kappa shape index (κ2) is 10.0. The topological polar surface area (TPSA) is 117 Å². The highest BCUT2D eigenvalue weighted by Gasteiger charge is 2.32. The summed E-state index contributed by atoms with van der Waals surface area (Å²) in [6.07, 6.45) is 3.38. The summed E-state index contributed by atoms with van der Waals surface area (Å²) in [5, 5.41) is 13.4. The second-order valence-electron chi connectivity index (χ2n) is 9.85. The molecule has 1 aromatic carbocycles. The van der Waals surface area contributed by atoms with Crippen molar-refractivity contribution in [2.45, 2.75) is 45.3 Å². The monoisotopic (exact) mass is 510 g/mol. The van der Waals surface area contributed by atoms with Gasteiger partial charge in [-0.25, -0.2) is 4.39 Å². The van der Waals surface area contributed by atoms with Gasteiger partial charge in [-0.05, 0) is 44.2 Å². The fourth-order valence-corrected chi connectivity index (χ4v) is 4.85. The van der Waals surface area contributed by atoms with Gasteiger partial charge in [0.25, 0.3) is 5.91 Å². The molecule has 1 aliphatic carbocycles. The molecule has 2 aliphatic rings. The fourth-order valence-electron chi connectivity index (χ4n) is 4.85. The Kier molecular flexibility index (Phi) is 6.76. The molecule has 2 fully saturated rings. The Labute approximate surface area is 214 Å². The number of H-pyrrole nitrogens is 1. The van der Waals surface area contributed by atoms with E-state index in [1.165, 1.54) is 20.1 Å². The standard InChI is InChI=1S/C27H31FN4O5/c1-14-24(27(35)31-20-7-9-32(15(2)33)12-21(20)34)26-25(30-14)17(6-8-29-26)18-10-23(36-3)19(28)11-22(18)37-13-16-4-5-16/h6,8,10-11,16,20-21,30,34H,4-5,7,9,12-13H2,1-3H3,(H,31,35)/t20-,21-/m1/s1. The van der Waals surface area contributed by atoms with Gasteiger partial charge in [0.05, 0.1) is 36.9 Å². The van der Waals surface area contributed by atoms with Crippen LogP contribution >= 0.6 is 0 Å². The van der Waals surface area contributed by atoms with Crippen LogP contribution < -0.4 is 14.8 Å². The number of aromatic amines is 1. The molecule has 1 saturated carbocycles. The maximum Gasteiger partial charge on any atom is 0.255 e. The van der Waals surface area contributed by atoms with E-state index in [9.17, 15) is 19.1 Å². The van der Waals surface area contributed by atoms with Crippen molar-refractivity contribution in [1.29, 1.82) is 0 Å². The summed E-state index contributed by atoms with van der Waals surface area (Å²) in [7, 11) is 1.41. The minimum Gasteiger partial charge on any atom is -0.494 e. The number of likely N-dealkylation sites (tertiary alicyclic amines) is 1. The fraction of sp³-hybridized carbons (Fsp3) is 0.444. The van der Waals surface area contributed by atoms with Crippen LogP contribution in [-0.2, 0) is 4.79 Å². The number of rotatable bonds is 7. The number of aliphatic hydroxyl groups excluding tert-OH is 1. The Morgan fingerprint density at radius 1 is 1.24 bits per heavy atom. The van der Waals surface area contributed by atoms with E-state index >= 15 is 0 Å². The molecule has 3 N–H and O–H groups in total. The van der Waals surface area contributed by atoms with Crippen molar-refractivity contribution in [1.82, 2.24) is 20.2 Å². The summed E-state index contributed by atoms with van der Waals surface area (Å²) < 4.78 is 25.8. The zero-order valence-electron chi connectivity index (χ0n) is 21.1. The molecule has 2 aromatic heterocycles. The third kappa shape index (κ3) is 4.98. The van der Waals surface area contributed by atoms with E-state index in [0.29, 0.717) is 64.7 Å². The van der Waals surface area contributed by atoms with E-state index in [1.54, 1.807) is 30.2 Å². The van der Waals surface area contributed by atoms with Gasteiger partial charge in [0.15, 0.2) is 11.6 Å². The van der Waals surface area contributed by atoms with Crippen LogP contribution in [0.1, 0.15) is 42.2 Å².